The van der Waals surface area contributed by atoms with Crippen molar-refractivity contribution >= 4 is 50.2 Å². The number of rotatable bonds is 5. The second-order valence-corrected chi connectivity index (χ2v) is 10.1. The number of hydrogen-bond donors (Lipinski definition) is 2. The zero-order valence-electron chi connectivity index (χ0n) is 17.2. The second kappa shape index (κ2) is 9.01. The van der Waals surface area contributed by atoms with Gasteiger partial charge in [0.1, 0.15) is 9.96 Å². The molecule has 1 aliphatic heterocycles. The predicted molar refractivity (Wildman–Crippen MR) is 124 cm³/mol. The maximum absolute atomic E-state index is 13.1. The average molecular weight is 472 g/mol. The van der Waals surface area contributed by atoms with Crippen molar-refractivity contribution in [2.24, 2.45) is 0 Å². The van der Waals surface area contributed by atoms with Crippen molar-refractivity contribution in [1.29, 1.82) is 0 Å². The topological polar surface area (TPSA) is 105 Å². The number of fused-ring (bicyclic) bond motifs is 1. The van der Waals surface area contributed by atoms with Crippen LogP contribution in [0.25, 0.3) is 0 Å². The summed E-state index contributed by atoms with van der Waals surface area (Å²) in [6, 6.07) is 15.0. The number of carbonyl (C=O) groups excluding carboxylic acids is 2. The molecule has 2 aromatic carbocycles. The van der Waals surface area contributed by atoms with Crippen molar-refractivity contribution < 1.29 is 22.7 Å². The fourth-order valence-electron chi connectivity index (χ4n) is 3.50. The molecule has 0 unspecified atom stereocenters. The Kier molecular flexibility index (Phi) is 6.15. The molecule has 0 radical (unpaired) electrons. The molecule has 4 rings (SSSR count). The van der Waals surface area contributed by atoms with Gasteiger partial charge in [-0.05, 0) is 54.1 Å². The van der Waals surface area contributed by atoms with Crippen LogP contribution in [0.2, 0.25) is 0 Å². The van der Waals surface area contributed by atoms with E-state index in [0.717, 1.165) is 23.3 Å². The number of nitrogens with zero attached hydrogens (tertiary/aromatic N) is 1. The number of anilines is 3. The number of para-hydroxylation sites is 2. The van der Waals surface area contributed by atoms with E-state index in [2.05, 4.69) is 10.6 Å². The number of aryl methyl sites for hydroxylation is 1. The number of sulfonamides is 1. The lowest BCUT2D eigenvalue weighted by atomic mass is 10.0. The quantitative estimate of drug-likeness (QED) is 0.555. The summed E-state index contributed by atoms with van der Waals surface area (Å²) in [5, 5.41) is 6.78. The fraction of sp³-hybridized carbons (Fsp3) is 0.182. The molecule has 166 valence electrons. The number of ether oxygens (including phenoxy) is 1. The fourth-order valence-corrected chi connectivity index (χ4v) is 6.14. The molecule has 2 heterocycles. The SMILES string of the molecule is COc1ccccc1NC(=O)C(=O)Nc1ccc2c(c1)N(S(=O)(=O)c1cccs1)CCC2. The van der Waals surface area contributed by atoms with Gasteiger partial charge in [0.25, 0.3) is 10.0 Å². The van der Waals surface area contributed by atoms with Gasteiger partial charge in [0, 0.05) is 12.2 Å². The van der Waals surface area contributed by atoms with Gasteiger partial charge in [-0.25, -0.2) is 8.42 Å². The molecule has 0 saturated carbocycles. The van der Waals surface area contributed by atoms with Crippen molar-refractivity contribution in [3.63, 3.8) is 0 Å². The zero-order chi connectivity index (χ0) is 22.7. The molecule has 1 aliphatic rings. The number of methoxy groups -OCH3 is 1. The molecule has 2 amide bonds. The van der Waals surface area contributed by atoms with Gasteiger partial charge in [-0.3, -0.25) is 13.9 Å². The first-order chi connectivity index (χ1) is 15.4. The average Bonchev–Trinajstić information content (AvgIpc) is 3.35. The van der Waals surface area contributed by atoms with Crippen LogP contribution in [0.1, 0.15) is 12.0 Å². The normalized spacial score (nSPS) is 13.2. The Morgan fingerprint density at radius 1 is 1.03 bits per heavy atom. The minimum absolute atomic E-state index is 0.260. The molecule has 0 spiro atoms. The van der Waals surface area contributed by atoms with Crippen LogP contribution in [0.15, 0.2) is 64.2 Å². The summed E-state index contributed by atoms with van der Waals surface area (Å²) in [6.07, 6.45) is 1.43. The molecule has 10 heteroatoms. The van der Waals surface area contributed by atoms with Gasteiger partial charge >= 0.3 is 11.8 Å². The highest BCUT2D eigenvalue weighted by Crippen LogP contribution is 2.35. The van der Waals surface area contributed by atoms with Gasteiger partial charge in [-0.15, -0.1) is 11.3 Å². The third kappa shape index (κ3) is 4.32. The summed E-state index contributed by atoms with van der Waals surface area (Å²) in [5.41, 5.74) is 2.08. The standard InChI is InChI=1S/C22H21N3O5S2/c1-30-19-8-3-2-7-17(19)24-22(27)21(26)23-16-11-10-15-6-4-12-25(18(15)14-16)32(28,29)20-9-5-13-31-20/h2-3,5,7-11,13-14H,4,6,12H2,1H3,(H,23,26)(H,24,27). The van der Waals surface area contributed by atoms with Crippen LogP contribution in [-0.4, -0.2) is 33.9 Å². The molecule has 1 aromatic heterocycles. The van der Waals surface area contributed by atoms with E-state index in [-0.39, 0.29) is 4.21 Å². The smallest absolute Gasteiger partial charge is 0.314 e. The van der Waals surface area contributed by atoms with E-state index in [1.165, 1.54) is 11.4 Å². The van der Waals surface area contributed by atoms with E-state index in [9.17, 15) is 18.0 Å². The van der Waals surface area contributed by atoms with Crippen LogP contribution in [0.3, 0.4) is 0 Å². The van der Waals surface area contributed by atoms with Gasteiger partial charge < -0.3 is 15.4 Å². The van der Waals surface area contributed by atoms with E-state index in [1.807, 2.05) is 0 Å². The molecule has 0 fully saturated rings. The Morgan fingerprint density at radius 3 is 2.56 bits per heavy atom. The zero-order valence-corrected chi connectivity index (χ0v) is 18.8. The van der Waals surface area contributed by atoms with Gasteiger partial charge in [-0.2, -0.15) is 0 Å². The summed E-state index contributed by atoms with van der Waals surface area (Å²) in [5.74, 6) is -1.31. The van der Waals surface area contributed by atoms with Crippen molar-refractivity contribution in [3.8, 4) is 5.75 Å². The third-order valence-electron chi connectivity index (χ3n) is 5.02. The van der Waals surface area contributed by atoms with Crippen LogP contribution in [-0.2, 0) is 26.0 Å². The first-order valence-corrected chi connectivity index (χ1v) is 12.2. The number of hydrogen-bond acceptors (Lipinski definition) is 6. The van der Waals surface area contributed by atoms with Gasteiger partial charge in [-0.1, -0.05) is 24.3 Å². The van der Waals surface area contributed by atoms with Crippen molar-refractivity contribution in [1.82, 2.24) is 0 Å². The first-order valence-electron chi connectivity index (χ1n) is 9.84. The molecule has 3 aromatic rings. The molecule has 32 heavy (non-hydrogen) atoms. The second-order valence-electron chi connectivity index (χ2n) is 7.06. The number of nitrogens with one attached hydrogen (secondary N) is 2. The lowest BCUT2D eigenvalue weighted by molar-refractivity contribution is -0.133. The highest BCUT2D eigenvalue weighted by atomic mass is 32.2. The molecular weight excluding hydrogens is 450 g/mol. The van der Waals surface area contributed by atoms with E-state index in [1.54, 1.807) is 60.0 Å². The van der Waals surface area contributed by atoms with Crippen LogP contribution in [0.4, 0.5) is 17.1 Å². The molecule has 0 saturated heterocycles. The minimum Gasteiger partial charge on any atom is -0.495 e. The highest BCUT2D eigenvalue weighted by molar-refractivity contribution is 7.94. The van der Waals surface area contributed by atoms with E-state index < -0.39 is 21.8 Å². The maximum atomic E-state index is 13.1. The van der Waals surface area contributed by atoms with E-state index >= 15 is 0 Å². The van der Waals surface area contributed by atoms with Crippen LogP contribution >= 0.6 is 11.3 Å². The molecule has 0 bridgehead atoms. The highest BCUT2D eigenvalue weighted by Gasteiger charge is 2.30. The number of amides is 2. The number of benzene rings is 2. The Labute approximate surface area is 189 Å². The Balaban J connectivity index is 1.55. The van der Waals surface area contributed by atoms with Crippen molar-refractivity contribution in [2.45, 2.75) is 17.1 Å². The molecule has 2 N–H and O–H groups in total. The molecular formula is C22H21N3O5S2. The van der Waals surface area contributed by atoms with Gasteiger partial charge in [0.2, 0.25) is 0 Å². The molecule has 0 atom stereocenters. The van der Waals surface area contributed by atoms with Crippen molar-refractivity contribution in [3.05, 3.63) is 65.5 Å². The first kappa shape index (κ1) is 21.8. The summed E-state index contributed by atoms with van der Waals surface area (Å²) in [4.78, 5) is 24.8. The van der Waals surface area contributed by atoms with Crippen LogP contribution in [0, 0.1) is 0 Å². The van der Waals surface area contributed by atoms with Crippen LogP contribution < -0.4 is 19.7 Å². The number of carbonyl (C=O) groups is 2. The lowest BCUT2D eigenvalue weighted by Crippen LogP contribution is -2.35. The van der Waals surface area contributed by atoms with E-state index in [0.29, 0.717) is 35.8 Å². The van der Waals surface area contributed by atoms with Crippen LogP contribution in [0.5, 0.6) is 5.75 Å². The Bertz CT molecular complexity index is 1260. The monoisotopic (exact) mass is 471 g/mol. The molecule has 8 nitrogen and oxygen atoms in total. The Hall–Kier alpha value is -3.37. The summed E-state index contributed by atoms with van der Waals surface area (Å²) >= 11 is 1.16. The largest absolute Gasteiger partial charge is 0.495 e. The minimum atomic E-state index is -3.70. The maximum Gasteiger partial charge on any atom is 0.314 e. The van der Waals surface area contributed by atoms with Crippen molar-refractivity contribution in [2.75, 3.05) is 28.6 Å². The van der Waals surface area contributed by atoms with Gasteiger partial charge in [0.05, 0.1) is 18.5 Å². The Morgan fingerprint density at radius 2 is 1.81 bits per heavy atom. The lowest BCUT2D eigenvalue weighted by Gasteiger charge is -2.30. The summed E-state index contributed by atoms with van der Waals surface area (Å²) in [7, 11) is -2.23. The van der Waals surface area contributed by atoms with E-state index in [4.69, 9.17) is 4.74 Å². The number of thiophene rings is 1. The predicted octanol–water partition coefficient (Wildman–Crippen LogP) is 3.48. The summed E-state index contributed by atoms with van der Waals surface area (Å²) in [6.45, 7) is 0.346. The summed E-state index contributed by atoms with van der Waals surface area (Å²) < 4.78 is 33.0. The molecule has 0 aliphatic carbocycles. The third-order valence-corrected chi connectivity index (χ3v) is 8.21. The van der Waals surface area contributed by atoms with Gasteiger partial charge in [0.15, 0.2) is 0 Å².